The molecule has 3 aromatic heterocycles. The third-order valence-corrected chi connectivity index (χ3v) is 6.40. The zero-order valence-electron chi connectivity index (χ0n) is 17.9. The minimum atomic E-state index is -4.46. The Kier molecular flexibility index (Phi) is 5.06. The van der Waals surface area contributed by atoms with Gasteiger partial charge in [-0.2, -0.15) is 23.4 Å². The van der Waals surface area contributed by atoms with Crippen LogP contribution in [0.3, 0.4) is 0 Å². The van der Waals surface area contributed by atoms with Crippen molar-refractivity contribution in [3.63, 3.8) is 0 Å². The highest BCUT2D eigenvalue weighted by Crippen LogP contribution is 2.44. The molecule has 2 aliphatic rings. The summed E-state index contributed by atoms with van der Waals surface area (Å²) < 4.78 is 44.4. The van der Waals surface area contributed by atoms with Crippen LogP contribution in [0.4, 0.5) is 13.2 Å². The standard InChI is InChI=1S/C22H21F3N6O2/c1-12-7-17(31-28-5-6-29-31)20(27-10-12)21(32)30-13(2)14-8-16(30)18(9-14)33-19-4-3-15(11-26-19)22(23,24)25/h3-7,10-11,13-14,16,18H,8-9H2,1-2H3/t13-,14-,16+,18-/m1/s1. The molecular formula is C22H21F3N6O2. The molecule has 2 fully saturated rings. The smallest absolute Gasteiger partial charge is 0.417 e. The summed E-state index contributed by atoms with van der Waals surface area (Å²) in [6.07, 6.45) is 2.06. The number of aromatic nitrogens is 5. The molecule has 0 radical (unpaired) electrons. The summed E-state index contributed by atoms with van der Waals surface area (Å²) in [4.78, 5) is 25.0. The van der Waals surface area contributed by atoms with Crippen LogP contribution in [0.15, 0.2) is 43.0 Å². The molecule has 1 amide bonds. The fourth-order valence-electron chi connectivity index (χ4n) is 4.80. The van der Waals surface area contributed by atoms with E-state index in [-0.39, 0.29) is 41.6 Å². The van der Waals surface area contributed by atoms with Crippen LogP contribution in [0.1, 0.15) is 41.4 Å². The van der Waals surface area contributed by atoms with Crippen LogP contribution in [-0.2, 0) is 6.18 Å². The van der Waals surface area contributed by atoms with Gasteiger partial charge in [-0.3, -0.25) is 4.79 Å². The van der Waals surface area contributed by atoms with Crippen LogP contribution >= 0.6 is 0 Å². The Hall–Kier alpha value is -3.50. The van der Waals surface area contributed by atoms with Crippen molar-refractivity contribution < 1.29 is 22.7 Å². The lowest BCUT2D eigenvalue weighted by atomic mass is 9.98. The van der Waals surface area contributed by atoms with Gasteiger partial charge in [0.05, 0.1) is 24.0 Å². The van der Waals surface area contributed by atoms with Crippen molar-refractivity contribution in [3.8, 4) is 11.6 Å². The van der Waals surface area contributed by atoms with Crippen molar-refractivity contribution in [1.82, 2.24) is 29.9 Å². The maximum absolute atomic E-state index is 13.6. The molecule has 8 nitrogen and oxygen atoms in total. The van der Waals surface area contributed by atoms with Gasteiger partial charge < -0.3 is 9.64 Å². The summed E-state index contributed by atoms with van der Waals surface area (Å²) in [7, 11) is 0. The van der Waals surface area contributed by atoms with E-state index >= 15 is 0 Å². The molecule has 172 valence electrons. The van der Waals surface area contributed by atoms with Crippen LogP contribution in [0, 0.1) is 12.8 Å². The average molecular weight is 458 g/mol. The highest BCUT2D eigenvalue weighted by molar-refractivity contribution is 5.96. The lowest BCUT2D eigenvalue weighted by molar-refractivity contribution is -0.137. The summed E-state index contributed by atoms with van der Waals surface area (Å²) >= 11 is 0. The van der Waals surface area contributed by atoms with E-state index in [0.717, 1.165) is 24.2 Å². The van der Waals surface area contributed by atoms with Gasteiger partial charge in [-0.05, 0) is 50.3 Å². The van der Waals surface area contributed by atoms with E-state index in [1.54, 1.807) is 17.2 Å². The molecule has 11 heteroatoms. The molecule has 0 spiro atoms. The van der Waals surface area contributed by atoms with Gasteiger partial charge >= 0.3 is 6.18 Å². The fraction of sp³-hybridized carbons (Fsp3) is 0.409. The number of carbonyl (C=O) groups excluding carboxylic acids is 1. The van der Waals surface area contributed by atoms with Gasteiger partial charge in [-0.15, -0.1) is 4.80 Å². The Balaban J connectivity index is 1.39. The van der Waals surface area contributed by atoms with E-state index in [1.165, 1.54) is 23.3 Å². The number of pyridine rings is 2. The van der Waals surface area contributed by atoms with Crippen LogP contribution in [0.5, 0.6) is 5.88 Å². The lowest BCUT2D eigenvalue weighted by Crippen LogP contribution is -2.51. The second kappa shape index (κ2) is 7.82. The lowest BCUT2D eigenvalue weighted by Gasteiger charge is -2.37. The molecule has 3 aromatic rings. The Morgan fingerprint density at radius 3 is 2.52 bits per heavy atom. The SMILES string of the molecule is Cc1cnc(C(=O)N2[C@H](C)[C@H]3C[C@@H](Oc4ccc(C(F)(F)F)cn4)[C@@H]2C3)c(-n2nccn2)c1. The Morgan fingerprint density at radius 1 is 1.12 bits per heavy atom. The van der Waals surface area contributed by atoms with E-state index in [0.29, 0.717) is 12.1 Å². The molecule has 1 saturated carbocycles. The predicted octanol–water partition coefficient (Wildman–Crippen LogP) is 3.46. The topological polar surface area (TPSA) is 86.0 Å². The maximum Gasteiger partial charge on any atom is 0.417 e. The number of hydrogen-bond donors (Lipinski definition) is 0. The molecule has 1 saturated heterocycles. The predicted molar refractivity (Wildman–Crippen MR) is 110 cm³/mol. The first-order valence-electron chi connectivity index (χ1n) is 10.6. The van der Waals surface area contributed by atoms with Crippen LogP contribution < -0.4 is 4.74 Å². The molecule has 5 rings (SSSR count). The first-order valence-corrected chi connectivity index (χ1v) is 10.6. The maximum atomic E-state index is 13.6. The molecule has 4 atom stereocenters. The average Bonchev–Trinajstić information content (AvgIpc) is 3.50. The van der Waals surface area contributed by atoms with E-state index < -0.39 is 11.7 Å². The molecule has 33 heavy (non-hydrogen) atoms. The van der Waals surface area contributed by atoms with E-state index in [1.807, 2.05) is 13.8 Å². The summed E-state index contributed by atoms with van der Waals surface area (Å²) in [6.45, 7) is 3.87. The van der Waals surface area contributed by atoms with Crippen molar-refractivity contribution in [2.75, 3.05) is 0 Å². The van der Waals surface area contributed by atoms with E-state index in [4.69, 9.17) is 4.74 Å². The number of carbonyl (C=O) groups is 1. The van der Waals surface area contributed by atoms with Gasteiger partial charge in [-0.25, -0.2) is 9.97 Å². The molecule has 4 heterocycles. The number of halogens is 3. The van der Waals surface area contributed by atoms with Gasteiger partial charge in [0.15, 0.2) is 5.69 Å². The number of hydrogen-bond acceptors (Lipinski definition) is 6. The number of piperidine rings is 1. The molecule has 0 N–H and O–H groups in total. The first-order chi connectivity index (χ1) is 15.7. The van der Waals surface area contributed by atoms with Crippen molar-refractivity contribution >= 4 is 5.91 Å². The van der Waals surface area contributed by atoms with Crippen molar-refractivity contribution in [2.45, 2.75) is 51.1 Å². The van der Waals surface area contributed by atoms with Crippen LogP contribution in [0.25, 0.3) is 5.69 Å². The second-order valence-corrected chi connectivity index (χ2v) is 8.49. The zero-order valence-corrected chi connectivity index (χ0v) is 17.9. The number of alkyl halides is 3. The summed E-state index contributed by atoms with van der Waals surface area (Å²) in [5, 5.41) is 8.28. The minimum Gasteiger partial charge on any atom is -0.472 e. The molecule has 0 unspecified atom stereocenters. The van der Waals surface area contributed by atoms with Crippen molar-refractivity contribution in [1.29, 1.82) is 0 Å². The first kappa shape index (κ1) is 21.4. The largest absolute Gasteiger partial charge is 0.472 e. The van der Waals surface area contributed by atoms with Gasteiger partial charge in [0.25, 0.3) is 5.91 Å². The number of fused-ring (bicyclic) bond motifs is 2. The number of ether oxygens (including phenoxy) is 1. The molecule has 2 bridgehead atoms. The zero-order chi connectivity index (χ0) is 23.3. The Bertz CT molecular complexity index is 1170. The molecule has 0 aromatic carbocycles. The van der Waals surface area contributed by atoms with E-state index in [9.17, 15) is 18.0 Å². The summed E-state index contributed by atoms with van der Waals surface area (Å²) in [6, 6.07) is 3.71. The fourth-order valence-corrected chi connectivity index (χ4v) is 4.80. The number of amides is 1. The van der Waals surface area contributed by atoms with Gasteiger partial charge in [-0.1, -0.05) is 0 Å². The Morgan fingerprint density at radius 2 is 1.88 bits per heavy atom. The second-order valence-electron chi connectivity index (χ2n) is 8.49. The monoisotopic (exact) mass is 458 g/mol. The third kappa shape index (κ3) is 3.81. The van der Waals surface area contributed by atoms with Crippen LogP contribution in [-0.4, -0.2) is 54.0 Å². The summed E-state index contributed by atoms with van der Waals surface area (Å²) in [5.74, 6) is 0.0709. The Labute approximate surface area is 187 Å². The quantitative estimate of drug-likeness (QED) is 0.595. The number of rotatable bonds is 4. The molecule has 1 aliphatic carbocycles. The minimum absolute atomic E-state index is 0.0237. The van der Waals surface area contributed by atoms with Gasteiger partial charge in [0, 0.05) is 24.5 Å². The van der Waals surface area contributed by atoms with E-state index in [2.05, 4.69) is 20.2 Å². The normalized spacial score (nSPS) is 24.3. The van der Waals surface area contributed by atoms with Crippen LogP contribution in [0.2, 0.25) is 0 Å². The van der Waals surface area contributed by atoms with Crippen molar-refractivity contribution in [3.05, 3.63) is 59.8 Å². The number of likely N-dealkylation sites (tertiary alicyclic amines) is 1. The highest BCUT2D eigenvalue weighted by atomic mass is 19.4. The third-order valence-electron chi connectivity index (χ3n) is 6.40. The van der Waals surface area contributed by atoms with Crippen molar-refractivity contribution in [2.24, 2.45) is 5.92 Å². The van der Waals surface area contributed by atoms with Gasteiger partial charge in [0.2, 0.25) is 5.88 Å². The molecular weight excluding hydrogens is 437 g/mol. The highest BCUT2D eigenvalue weighted by Gasteiger charge is 2.53. The number of nitrogens with zero attached hydrogens (tertiary/aromatic N) is 6. The molecule has 1 aliphatic heterocycles. The number of aryl methyl sites for hydroxylation is 1. The van der Waals surface area contributed by atoms with Gasteiger partial charge in [0.1, 0.15) is 11.8 Å². The summed E-state index contributed by atoms with van der Waals surface area (Å²) in [5.41, 5.74) is 0.757.